The summed E-state index contributed by atoms with van der Waals surface area (Å²) in [4.78, 5) is 14.4. The van der Waals surface area contributed by atoms with Gasteiger partial charge in [0.05, 0.1) is 12.6 Å². The van der Waals surface area contributed by atoms with Crippen molar-refractivity contribution in [3.63, 3.8) is 0 Å². The Morgan fingerprint density at radius 3 is 2.35 bits per heavy atom. The number of hydrogen-bond acceptors (Lipinski definition) is 3. The van der Waals surface area contributed by atoms with Gasteiger partial charge in [-0.1, -0.05) is 52.2 Å². The van der Waals surface area contributed by atoms with Gasteiger partial charge in [0.2, 0.25) is 5.91 Å². The number of nitrogens with zero attached hydrogens (tertiary/aromatic N) is 2. The molecule has 1 amide bonds. The maximum atomic E-state index is 13.2. The number of carbonyl (C=O) groups excluding carboxylic acids is 1. The predicted octanol–water partition coefficient (Wildman–Crippen LogP) is 4.19. The van der Waals surface area contributed by atoms with Gasteiger partial charge in [0.15, 0.2) is 0 Å². The standard InChI is InChI=1S/C21H30FN3O/c1-20(2,3)19(16-8-10-17(22)11-9-16)24-14-18(26)25(4)21(15-23)12-6-5-7-13-21/h8-11,19,24H,5-7,12-14H2,1-4H3. The van der Waals surface area contributed by atoms with Crippen molar-refractivity contribution in [1.82, 2.24) is 10.2 Å². The Morgan fingerprint density at radius 1 is 1.27 bits per heavy atom. The second-order valence-electron chi connectivity index (χ2n) is 8.39. The summed E-state index contributed by atoms with van der Waals surface area (Å²) in [7, 11) is 1.74. The third-order valence-electron chi connectivity index (χ3n) is 5.43. The summed E-state index contributed by atoms with van der Waals surface area (Å²) in [6.07, 6.45) is 4.58. The van der Waals surface area contributed by atoms with E-state index in [2.05, 4.69) is 32.2 Å². The lowest BCUT2D eigenvalue weighted by atomic mass is 9.81. The van der Waals surface area contributed by atoms with Crippen molar-refractivity contribution in [3.05, 3.63) is 35.6 Å². The van der Waals surface area contributed by atoms with Crippen molar-refractivity contribution in [2.24, 2.45) is 5.41 Å². The lowest BCUT2D eigenvalue weighted by molar-refractivity contribution is -0.134. The van der Waals surface area contributed by atoms with Crippen LogP contribution in [0.5, 0.6) is 0 Å². The van der Waals surface area contributed by atoms with Crippen molar-refractivity contribution < 1.29 is 9.18 Å². The number of rotatable bonds is 5. The van der Waals surface area contributed by atoms with Crippen LogP contribution in [0.4, 0.5) is 4.39 Å². The molecule has 0 heterocycles. The molecule has 1 aromatic carbocycles. The van der Waals surface area contributed by atoms with Gasteiger partial charge < -0.3 is 10.2 Å². The number of nitriles is 1. The number of nitrogens with one attached hydrogen (secondary N) is 1. The molecular weight excluding hydrogens is 329 g/mol. The van der Waals surface area contributed by atoms with Gasteiger partial charge in [-0.05, 0) is 36.0 Å². The molecule has 1 aliphatic carbocycles. The maximum absolute atomic E-state index is 13.2. The van der Waals surface area contributed by atoms with Crippen molar-refractivity contribution in [3.8, 4) is 6.07 Å². The van der Waals surface area contributed by atoms with Crippen molar-refractivity contribution >= 4 is 5.91 Å². The molecule has 0 saturated heterocycles. The third kappa shape index (κ3) is 4.62. The summed E-state index contributed by atoms with van der Waals surface area (Å²) in [5, 5.41) is 13.0. The van der Waals surface area contributed by atoms with Crippen LogP contribution >= 0.6 is 0 Å². The number of benzene rings is 1. The Balaban J connectivity index is 2.09. The molecule has 0 aromatic heterocycles. The second-order valence-corrected chi connectivity index (χ2v) is 8.39. The highest BCUT2D eigenvalue weighted by atomic mass is 19.1. The van der Waals surface area contributed by atoms with Crippen LogP contribution in [0.25, 0.3) is 0 Å². The Labute approximate surface area is 156 Å². The molecule has 1 N–H and O–H groups in total. The molecule has 2 rings (SSSR count). The van der Waals surface area contributed by atoms with Crippen LogP contribution in [0.3, 0.4) is 0 Å². The minimum atomic E-state index is -0.676. The molecule has 0 bridgehead atoms. The monoisotopic (exact) mass is 359 g/mol. The molecule has 1 atom stereocenters. The number of likely N-dealkylation sites (N-methyl/N-ethyl adjacent to an activating group) is 1. The van der Waals surface area contributed by atoms with Gasteiger partial charge >= 0.3 is 0 Å². The number of hydrogen-bond donors (Lipinski definition) is 1. The molecule has 1 saturated carbocycles. The lowest BCUT2D eigenvalue weighted by Gasteiger charge is -2.40. The highest BCUT2D eigenvalue weighted by Gasteiger charge is 2.39. The van der Waals surface area contributed by atoms with E-state index >= 15 is 0 Å². The van der Waals surface area contributed by atoms with Gasteiger partial charge in [0.25, 0.3) is 0 Å². The largest absolute Gasteiger partial charge is 0.326 e. The first kappa shape index (κ1) is 20.4. The predicted molar refractivity (Wildman–Crippen MR) is 101 cm³/mol. The van der Waals surface area contributed by atoms with Crippen molar-refractivity contribution in [2.75, 3.05) is 13.6 Å². The topological polar surface area (TPSA) is 56.1 Å². The zero-order valence-corrected chi connectivity index (χ0v) is 16.3. The minimum Gasteiger partial charge on any atom is -0.326 e. The zero-order valence-electron chi connectivity index (χ0n) is 16.3. The first-order valence-electron chi connectivity index (χ1n) is 9.36. The highest BCUT2D eigenvalue weighted by Crippen LogP contribution is 2.34. The fourth-order valence-corrected chi connectivity index (χ4v) is 3.78. The van der Waals surface area contributed by atoms with Crippen LogP contribution < -0.4 is 5.32 Å². The van der Waals surface area contributed by atoms with Gasteiger partial charge in [-0.25, -0.2) is 4.39 Å². The van der Waals surface area contributed by atoms with E-state index in [9.17, 15) is 14.4 Å². The van der Waals surface area contributed by atoms with Crippen LogP contribution in [0, 0.1) is 22.6 Å². The fraction of sp³-hybridized carbons (Fsp3) is 0.619. The molecule has 1 fully saturated rings. The van der Waals surface area contributed by atoms with E-state index in [4.69, 9.17) is 0 Å². The fourth-order valence-electron chi connectivity index (χ4n) is 3.78. The Kier molecular flexibility index (Phi) is 6.41. The maximum Gasteiger partial charge on any atom is 0.237 e. The van der Waals surface area contributed by atoms with Crippen LogP contribution in [0.15, 0.2) is 24.3 Å². The van der Waals surface area contributed by atoms with E-state index in [1.54, 1.807) is 24.1 Å². The van der Waals surface area contributed by atoms with E-state index in [1.807, 2.05) is 0 Å². The first-order valence-corrected chi connectivity index (χ1v) is 9.36. The third-order valence-corrected chi connectivity index (χ3v) is 5.43. The van der Waals surface area contributed by atoms with Gasteiger partial charge in [0, 0.05) is 13.1 Å². The molecule has 26 heavy (non-hydrogen) atoms. The van der Waals surface area contributed by atoms with E-state index < -0.39 is 5.54 Å². The molecular formula is C21H30FN3O. The van der Waals surface area contributed by atoms with Crippen LogP contribution in [-0.4, -0.2) is 29.9 Å². The zero-order chi connectivity index (χ0) is 19.4. The number of amides is 1. The molecule has 1 aliphatic rings. The molecule has 0 spiro atoms. The van der Waals surface area contributed by atoms with Crippen molar-refractivity contribution in [2.45, 2.75) is 64.5 Å². The molecule has 0 radical (unpaired) electrons. The highest BCUT2D eigenvalue weighted by molar-refractivity contribution is 5.79. The van der Waals surface area contributed by atoms with Crippen LogP contribution in [0.2, 0.25) is 0 Å². The summed E-state index contributed by atoms with van der Waals surface area (Å²) < 4.78 is 13.2. The number of carbonyl (C=O) groups is 1. The summed E-state index contributed by atoms with van der Waals surface area (Å²) in [5.41, 5.74) is 0.125. The summed E-state index contributed by atoms with van der Waals surface area (Å²) >= 11 is 0. The Hall–Kier alpha value is -1.93. The van der Waals surface area contributed by atoms with E-state index in [0.29, 0.717) is 0 Å². The van der Waals surface area contributed by atoms with E-state index in [0.717, 1.165) is 37.7 Å². The lowest BCUT2D eigenvalue weighted by Crippen LogP contribution is -2.52. The first-order chi connectivity index (χ1) is 12.2. The average molecular weight is 359 g/mol. The van der Waals surface area contributed by atoms with Gasteiger partial charge in [-0.2, -0.15) is 5.26 Å². The Morgan fingerprint density at radius 2 is 1.85 bits per heavy atom. The van der Waals surface area contributed by atoms with Gasteiger partial charge in [-0.3, -0.25) is 4.79 Å². The second kappa shape index (κ2) is 8.18. The molecule has 142 valence electrons. The molecule has 4 nitrogen and oxygen atoms in total. The summed E-state index contributed by atoms with van der Waals surface area (Å²) in [6.45, 7) is 6.40. The summed E-state index contributed by atoms with van der Waals surface area (Å²) in [5.74, 6) is -0.352. The van der Waals surface area contributed by atoms with Crippen LogP contribution in [0.1, 0.15) is 64.5 Å². The quantitative estimate of drug-likeness (QED) is 0.858. The molecule has 1 aromatic rings. The van der Waals surface area contributed by atoms with Gasteiger partial charge in [0.1, 0.15) is 11.4 Å². The van der Waals surface area contributed by atoms with E-state index in [1.165, 1.54) is 12.1 Å². The minimum absolute atomic E-state index is 0.0789. The normalized spacial score (nSPS) is 18.0. The summed E-state index contributed by atoms with van der Waals surface area (Å²) in [6, 6.07) is 8.69. The number of halogens is 1. The molecule has 0 aliphatic heterocycles. The SMILES string of the molecule is CN(C(=O)CNC(c1ccc(F)cc1)C(C)(C)C)C1(C#N)CCCCC1. The van der Waals surface area contributed by atoms with Crippen LogP contribution in [-0.2, 0) is 4.79 Å². The smallest absolute Gasteiger partial charge is 0.237 e. The molecule has 1 unspecified atom stereocenters. The van der Waals surface area contributed by atoms with E-state index in [-0.39, 0.29) is 29.7 Å². The average Bonchev–Trinajstić information content (AvgIpc) is 2.62. The Bertz CT molecular complexity index is 651. The molecule has 5 heteroatoms. The van der Waals surface area contributed by atoms with Crippen molar-refractivity contribution in [1.29, 1.82) is 5.26 Å². The van der Waals surface area contributed by atoms with Gasteiger partial charge in [-0.15, -0.1) is 0 Å².